The second kappa shape index (κ2) is 15.2. The zero-order valence-electron chi connectivity index (χ0n) is 36.3. The predicted molar refractivity (Wildman–Crippen MR) is 262 cm³/mol. The summed E-state index contributed by atoms with van der Waals surface area (Å²) < 4.78 is 20.0. The molecule has 0 radical (unpaired) electrons. The number of hydrogen-bond acceptors (Lipinski definition) is 6. The Balaban J connectivity index is 0.943. The van der Waals surface area contributed by atoms with Crippen molar-refractivity contribution in [2.24, 2.45) is 0 Å². The van der Waals surface area contributed by atoms with Gasteiger partial charge in [-0.1, -0.05) is 64.1 Å². The Kier molecular flexibility index (Phi) is 8.98. The van der Waals surface area contributed by atoms with Crippen molar-refractivity contribution in [2.75, 3.05) is 0 Å². The number of fused-ring (bicyclic) bond motifs is 9. The van der Waals surface area contributed by atoms with Crippen LogP contribution in [0.5, 0.6) is 23.0 Å². The van der Waals surface area contributed by atoms with E-state index >= 15 is 0 Å². The van der Waals surface area contributed by atoms with E-state index in [1.54, 1.807) is 12.4 Å². The molecule has 0 aliphatic rings. The second-order valence-electron chi connectivity index (χ2n) is 17.2. The van der Waals surface area contributed by atoms with Crippen molar-refractivity contribution in [1.82, 2.24) is 33.6 Å². The highest BCUT2D eigenvalue weighted by atomic mass is 16.5. The number of para-hydroxylation sites is 2. The minimum Gasteiger partial charge on any atom is -0.457 e. The van der Waals surface area contributed by atoms with E-state index in [2.05, 4.69) is 163 Å². The Labute approximate surface area is 374 Å². The summed E-state index contributed by atoms with van der Waals surface area (Å²) in [5.41, 5.74) is 8.53. The molecule has 314 valence electrons. The number of pyridine rings is 2. The third-order valence-electron chi connectivity index (χ3n) is 12.6. The van der Waals surface area contributed by atoms with E-state index in [4.69, 9.17) is 29.4 Å². The van der Waals surface area contributed by atoms with Crippen LogP contribution in [0.3, 0.4) is 0 Å². The van der Waals surface area contributed by atoms with Gasteiger partial charge in [0, 0.05) is 81.4 Å². The second-order valence-corrected chi connectivity index (χ2v) is 17.2. The van der Waals surface area contributed by atoms with Crippen molar-refractivity contribution >= 4 is 65.4 Å². The summed E-state index contributed by atoms with van der Waals surface area (Å²) in [5.74, 6) is 5.87. The van der Waals surface area contributed by atoms with Gasteiger partial charge in [0.15, 0.2) is 0 Å². The lowest BCUT2D eigenvalue weighted by Gasteiger charge is -2.12. The van der Waals surface area contributed by atoms with Gasteiger partial charge in [-0.2, -0.15) is 0 Å². The first-order valence-electron chi connectivity index (χ1n) is 22.1. The molecule has 65 heavy (non-hydrogen) atoms. The van der Waals surface area contributed by atoms with Crippen molar-refractivity contribution in [2.45, 2.75) is 39.5 Å². The molecule has 6 aromatic carbocycles. The Hall–Kier alpha value is -8.30. The van der Waals surface area contributed by atoms with Crippen LogP contribution in [0.2, 0.25) is 0 Å². The fourth-order valence-corrected chi connectivity index (χ4v) is 9.35. The summed E-state index contributed by atoms with van der Waals surface area (Å²) >= 11 is 0. The van der Waals surface area contributed by atoms with E-state index in [0.29, 0.717) is 29.3 Å². The van der Waals surface area contributed by atoms with Crippen LogP contribution in [-0.2, 0) is 0 Å². The van der Waals surface area contributed by atoms with Crippen molar-refractivity contribution < 1.29 is 9.47 Å². The van der Waals surface area contributed by atoms with E-state index in [9.17, 15) is 0 Å². The van der Waals surface area contributed by atoms with Gasteiger partial charge in [-0.05, 0) is 114 Å². The first-order valence-corrected chi connectivity index (χ1v) is 22.1. The van der Waals surface area contributed by atoms with Crippen LogP contribution in [0.1, 0.15) is 50.7 Å². The molecular formula is C56H43N7O2. The maximum atomic E-state index is 6.73. The molecule has 0 saturated heterocycles. The van der Waals surface area contributed by atoms with Gasteiger partial charge < -0.3 is 9.47 Å². The molecule has 0 N–H and O–H groups in total. The quantitative estimate of drug-likeness (QED) is 0.144. The number of aromatic nitrogens is 7. The fraction of sp³-hybridized carbons (Fsp3) is 0.107. The van der Waals surface area contributed by atoms with Crippen LogP contribution in [0.4, 0.5) is 0 Å². The molecular weight excluding hydrogens is 803 g/mol. The lowest BCUT2D eigenvalue weighted by Crippen LogP contribution is -2.00. The van der Waals surface area contributed by atoms with Crippen LogP contribution in [0, 0.1) is 0 Å². The first-order chi connectivity index (χ1) is 31.9. The van der Waals surface area contributed by atoms with Gasteiger partial charge in [0.05, 0.1) is 33.1 Å². The summed E-state index contributed by atoms with van der Waals surface area (Å²) in [6, 6.07) is 52.3. The molecule has 6 heterocycles. The SMILES string of the molecule is CC(C)c1ccnc(-n2c3ccccc3c3ccc(Oc4ccc5c6ccc(Oc7ccc8c9ccccc9n(-c9cc(C(C)C)ccn9)c8c7)cc6n(-c6ncccn6)c5c4)cc32)c1. The minimum absolute atomic E-state index is 0.376. The molecule has 12 rings (SSSR count). The van der Waals surface area contributed by atoms with Gasteiger partial charge in [-0.3, -0.25) is 13.7 Å². The van der Waals surface area contributed by atoms with Gasteiger partial charge in [0.2, 0.25) is 5.95 Å². The molecule has 0 unspecified atom stereocenters. The molecule has 0 aliphatic carbocycles. The number of benzene rings is 6. The highest BCUT2D eigenvalue weighted by Crippen LogP contribution is 2.40. The van der Waals surface area contributed by atoms with Gasteiger partial charge in [-0.25, -0.2) is 19.9 Å². The lowest BCUT2D eigenvalue weighted by atomic mass is 10.1. The van der Waals surface area contributed by atoms with Crippen molar-refractivity contribution in [3.8, 4) is 40.6 Å². The fourth-order valence-electron chi connectivity index (χ4n) is 9.35. The van der Waals surface area contributed by atoms with E-state index in [1.807, 2.05) is 42.7 Å². The van der Waals surface area contributed by atoms with Crippen LogP contribution < -0.4 is 9.47 Å². The molecule has 0 aliphatic heterocycles. The summed E-state index contributed by atoms with van der Waals surface area (Å²) in [6.07, 6.45) is 7.33. The molecule has 0 amide bonds. The third-order valence-corrected chi connectivity index (χ3v) is 12.6. The van der Waals surface area contributed by atoms with Crippen molar-refractivity contribution in [1.29, 1.82) is 0 Å². The third kappa shape index (κ3) is 6.46. The Morgan fingerprint density at radius 3 is 1.11 bits per heavy atom. The Morgan fingerprint density at radius 1 is 0.338 bits per heavy atom. The van der Waals surface area contributed by atoms with Gasteiger partial charge in [0.25, 0.3) is 0 Å². The number of nitrogens with zero attached hydrogens (tertiary/aromatic N) is 7. The van der Waals surface area contributed by atoms with Crippen LogP contribution in [0.25, 0.3) is 83.0 Å². The van der Waals surface area contributed by atoms with E-state index in [-0.39, 0.29) is 0 Å². The van der Waals surface area contributed by atoms with Crippen LogP contribution in [-0.4, -0.2) is 33.6 Å². The molecule has 6 aromatic heterocycles. The van der Waals surface area contributed by atoms with E-state index in [1.165, 1.54) is 11.1 Å². The highest BCUT2D eigenvalue weighted by Gasteiger charge is 2.20. The zero-order valence-corrected chi connectivity index (χ0v) is 36.3. The molecule has 0 bridgehead atoms. The van der Waals surface area contributed by atoms with Crippen LogP contribution in [0.15, 0.2) is 176 Å². The van der Waals surface area contributed by atoms with Gasteiger partial charge in [-0.15, -0.1) is 0 Å². The highest BCUT2D eigenvalue weighted by molar-refractivity contribution is 6.11. The standard InChI is InChI=1S/C56H43N7O2/c1-34(2)36-22-26-57-54(28-36)61-48-12-7-5-10-42(48)44-18-14-38(30-50(44)61)64-40-16-20-46-47-21-17-41(33-53(47)63(52(46)32-40)56-59-24-9-25-60-56)65-39-15-19-45-43-11-6-8-13-49(43)62(51(45)31-39)55-29-37(35(3)4)23-27-58-55/h5-35H,1-4H3. The number of hydrogen-bond donors (Lipinski definition) is 0. The molecule has 9 heteroatoms. The van der Waals surface area contributed by atoms with Crippen molar-refractivity contribution in [3.63, 3.8) is 0 Å². The van der Waals surface area contributed by atoms with E-state index in [0.717, 1.165) is 88.6 Å². The van der Waals surface area contributed by atoms with Gasteiger partial charge in [0.1, 0.15) is 34.6 Å². The summed E-state index contributed by atoms with van der Waals surface area (Å²) in [5, 5.41) is 6.68. The molecule has 0 atom stereocenters. The Bertz CT molecular complexity index is 3580. The lowest BCUT2D eigenvalue weighted by molar-refractivity contribution is 0.484. The topological polar surface area (TPSA) is 84.8 Å². The van der Waals surface area contributed by atoms with Crippen LogP contribution >= 0.6 is 0 Å². The molecule has 0 spiro atoms. The predicted octanol–water partition coefficient (Wildman–Crippen LogP) is 14.4. The number of rotatable bonds is 9. The largest absolute Gasteiger partial charge is 0.457 e. The minimum atomic E-state index is 0.376. The summed E-state index contributed by atoms with van der Waals surface area (Å²) in [6.45, 7) is 8.82. The van der Waals surface area contributed by atoms with E-state index < -0.39 is 0 Å². The maximum Gasteiger partial charge on any atom is 0.234 e. The maximum absolute atomic E-state index is 6.73. The normalized spacial score (nSPS) is 12.0. The van der Waals surface area contributed by atoms with Gasteiger partial charge >= 0.3 is 0 Å². The Morgan fingerprint density at radius 2 is 0.708 bits per heavy atom. The average molecular weight is 846 g/mol. The average Bonchev–Trinajstić information content (AvgIpc) is 3.96. The molecule has 0 fully saturated rings. The number of ether oxygens (including phenoxy) is 2. The monoisotopic (exact) mass is 845 g/mol. The van der Waals surface area contributed by atoms with Crippen molar-refractivity contribution in [3.05, 3.63) is 188 Å². The first kappa shape index (κ1) is 38.4. The molecule has 12 aromatic rings. The summed E-state index contributed by atoms with van der Waals surface area (Å²) in [4.78, 5) is 19.1. The molecule has 9 nitrogen and oxygen atoms in total. The molecule has 0 saturated carbocycles. The zero-order chi connectivity index (χ0) is 43.8. The summed E-state index contributed by atoms with van der Waals surface area (Å²) in [7, 11) is 0. The smallest absolute Gasteiger partial charge is 0.234 e.